The summed E-state index contributed by atoms with van der Waals surface area (Å²) < 4.78 is 6.08. The number of ether oxygens (including phenoxy) is 1. The Labute approximate surface area is 130 Å². The molecule has 6 nitrogen and oxygen atoms in total. The van der Waals surface area contributed by atoms with Gasteiger partial charge in [-0.15, -0.1) is 0 Å². The molecule has 1 fully saturated rings. The summed E-state index contributed by atoms with van der Waals surface area (Å²) in [6.07, 6.45) is 0. The van der Waals surface area contributed by atoms with Gasteiger partial charge < -0.3 is 10.5 Å². The van der Waals surface area contributed by atoms with Gasteiger partial charge in [-0.2, -0.15) is 0 Å². The number of hydrogen-bond donors (Lipinski definition) is 5. The van der Waals surface area contributed by atoms with Crippen LogP contribution < -0.4 is 27.0 Å². The topological polar surface area (TPSA) is 83.4 Å². The maximum Gasteiger partial charge on any atom is 0.194 e. The normalized spacial score (nSPS) is 28.2. The van der Waals surface area contributed by atoms with Crippen LogP contribution in [0.3, 0.4) is 0 Å². The van der Waals surface area contributed by atoms with Crippen molar-refractivity contribution >= 4 is 23.3 Å². The second kappa shape index (κ2) is 6.35. The first-order chi connectivity index (χ1) is 10.1. The number of nitrogen functional groups attached to an aromatic ring is 1. The largest absolute Gasteiger partial charge is 0.399 e. The first-order valence-electron chi connectivity index (χ1n) is 6.85. The van der Waals surface area contributed by atoms with Crippen LogP contribution in [-0.4, -0.2) is 45.0 Å². The molecule has 21 heavy (non-hydrogen) atoms. The van der Waals surface area contributed by atoms with Gasteiger partial charge in [-0.05, 0) is 38.8 Å². The third-order valence-electron chi connectivity index (χ3n) is 4.04. The summed E-state index contributed by atoms with van der Waals surface area (Å²) in [6.45, 7) is 0.411. The van der Waals surface area contributed by atoms with Crippen molar-refractivity contribution in [2.24, 2.45) is 0 Å². The lowest BCUT2D eigenvalue weighted by Gasteiger charge is -2.50. The van der Waals surface area contributed by atoms with Crippen molar-refractivity contribution in [3.8, 4) is 0 Å². The molecule has 7 heteroatoms. The molecule has 1 aromatic carbocycles. The monoisotopic (exact) mass is 309 g/mol. The van der Waals surface area contributed by atoms with Crippen LogP contribution in [0.4, 0.5) is 5.69 Å². The highest BCUT2D eigenvalue weighted by Gasteiger charge is 2.48. The zero-order valence-electron chi connectivity index (χ0n) is 12.6. The molecule has 1 aliphatic heterocycles. The third kappa shape index (κ3) is 2.80. The number of likely N-dealkylation sites (N-methyl/N-ethyl adjacent to an activating group) is 3. The first-order valence-corrected chi connectivity index (χ1v) is 7.32. The lowest BCUT2D eigenvalue weighted by atomic mass is 9.95. The summed E-state index contributed by atoms with van der Waals surface area (Å²) in [5.41, 5.74) is 7.07. The Balaban J connectivity index is 2.37. The zero-order valence-corrected chi connectivity index (χ0v) is 13.4. The van der Waals surface area contributed by atoms with E-state index in [0.29, 0.717) is 12.3 Å². The first kappa shape index (κ1) is 16.3. The van der Waals surface area contributed by atoms with Crippen LogP contribution in [0.2, 0.25) is 0 Å². The standard InChI is InChI=1S/C14H23N5OS/c1-16-13(10-5-4-6-11(15)7-10)9-20-14(17-2,18-3)12(8-21)19-13/h4-8,12,16-19H,9,15H2,1-3H3. The third-order valence-corrected chi connectivity index (χ3v) is 4.31. The Morgan fingerprint density at radius 1 is 1.33 bits per heavy atom. The smallest absolute Gasteiger partial charge is 0.194 e. The highest BCUT2D eigenvalue weighted by atomic mass is 32.1. The van der Waals surface area contributed by atoms with Crippen LogP contribution in [-0.2, 0) is 10.4 Å². The van der Waals surface area contributed by atoms with E-state index in [9.17, 15) is 0 Å². The average molecular weight is 309 g/mol. The molecule has 2 atom stereocenters. The molecule has 1 aliphatic rings. The van der Waals surface area contributed by atoms with Crippen LogP contribution in [0.1, 0.15) is 5.56 Å². The number of morpholine rings is 1. The molecule has 0 bridgehead atoms. The molecule has 1 aromatic rings. The van der Waals surface area contributed by atoms with Gasteiger partial charge in [0, 0.05) is 11.1 Å². The maximum absolute atomic E-state index is 6.08. The van der Waals surface area contributed by atoms with Crippen molar-refractivity contribution in [3.05, 3.63) is 29.8 Å². The Hall–Kier alpha value is -1.09. The number of benzene rings is 1. The Morgan fingerprint density at radius 3 is 2.57 bits per heavy atom. The summed E-state index contributed by atoms with van der Waals surface area (Å²) in [4.78, 5) is 0. The quantitative estimate of drug-likeness (QED) is 0.291. The number of anilines is 1. The van der Waals surface area contributed by atoms with E-state index in [1.165, 1.54) is 0 Å². The van der Waals surface area contributed by atoms with E-state index in [4.69, 9.17) is 22.7 Å². The minimum absolute atomic E-state index is 0.217. The molecule has 1 heterocycles. The minimum Gasteiger partial charge on any atom is -0.399 e. The van der Waals surface area contributed by atoms with Gasteiger partial charge >= 0.3 is 0 Å². The Bertz CT molecular complexity index is 508. The van der Waals surface area contributed by atoms with Crippen LogP contribution in [0.5, 0.6) is 0 Å². The van der Waals surface area contributed by atoms with Crippen LogP contribution in [0.15, 0.2) is 24.3 Å². The van der Waals surface area contributed by atoms with E-state index in [-0.39, 0.29) is 6.04 Å². The minimum atomic E-state index is -0.734. The van der Waals surface area contributed by atoms with Crippen molar-refractivity contribution in [1.82, 2.24) is 21.3 Å². The summed E-state index contributed by atoms with van der Waals surface area (Å²) in [5.74, 6) is -0.734. The molecular weight excluding hydrogens is 286 g/mol. The van der Waals surface area contributed by atoms with Gasteiger partial charge in [0.25, 0.3) is 0 Å². The fraction of sp³-hybridized carbons (Fsp3) is 0.500. The summed E-state index contributed by atoms with van der Waals surface area (Å²) >= 11 is 5.18. The van der Waals surface area contributed by atoms with Crippen LogP contribution in [0.25, 0.3) is 0 Å². The molecular formula is C14H23N5OS. The van der Waals surface area contributed by atoms with Crippen molar-refractivity contribution in [1.29, 1.82) is 0 Å². The van der Waals surface area contributed by atoms with Gasteiger partial charge in [0.1, 0.15) is 5.66 Å². The van der Waals surface area contributed by atoms with Crippen molar-refractivity contribution in [2.75, 3.05) is 33.5 Å². The van der Waals surface area contributed by atoms with E-state index < -0.39 is 11.5 Å². The SMILES string of the molecule is CNC1(c2cccc(N)c2)COC(NC)(NC)C(C=S)N1. The maximum atomic E-state index is 6.08. The lowest BCUT2D eigenvalue weighted by Crippen LogP contribution is -2.78. The van der Waals surface area contributed by atoms with Gasteiger partial charge in [0.2, 0.25) is 0 Å². The van der Waals surface area contributed by atoms with Gasteiger partial charge in [-0.3, -0.25) is 21.3 Å². The van der Waals surface area contributed by atoms with E-state index in [0.717, 1.165) is 5.56 Å². The molecule has 0 radical (unpaired) electrons. The predicted octanol–water partition coefficient (Wildman–Crippen LogP) is -0.278. The van der Waals surface area contributed by atoms with E-state index in [1.54, 1.807) is 5.37 Å². The second-order valence-electron chi connectivity index (χ2n) is 5.06. The van der Waals surface area contributed by atoms with Crippen LogP contribution in [0, 0.1) is 0 Å². The number of nitrogens with one attached hydrogen (secondary N) is 4. The molecule has 0 aliphatic carbocycles. The molecule has 0 aromatic heterocycles. The van der Waals surface area contributed by atoms with Gasteiger partial charge in [0.15, 0.2) is 5.85 Å². The van der Waals surface area contributed by atoms with Crippen molar-refractivity contribution in [2.45, 2.75) is 17.6 Å². The van der Waals surface area contributed by atoms with Crippen LogP contribution >= 0.6 is 12.2 Å². The molecule has 0 saturated carbocycles. The lowest BCUT2D eigenvalue weighted by molar-refractivity contribution is -0.160. The fourth-order valence-corrected chi connectivity index (χ4v) is 2.95. The van der Waals surface area contributed by atoms with Gasteiger partial charge in [0.05, 0.1) is 12.6 Å². The molecule has 2 rings (SSSR count). The highest BCUT2D eigenvalue weighted by molar-refractivity contribution is 7.79. The zero-order chi connectivity index (χ0) is 15.5. The second-order valence-corrected chi connectivity index (χ2v) is 5.34. The number of hydrogen-bond acceptors (Lipinski definition) is 7. The molecule has 116 valence electrons. The number of nitrogens with two attached hydrogens (primary N) is 1. The summed E-state index contributed by atoms with van der Waals surface area (Å²) in [5, 5.41) is 14.8. The Kier molecular flexibility index (Phi) is 4.92. The summed E-state index contributed by atoms with van der Waals surface area (Å²) in [6, 6.07) is 7.51. The van der Waals surface area contributed by atoms with E-state index >= 15 is 0 Å². The van der Waals surface area contributed by atoms with Crippen molar-refractivity contribution in [3.63, 3.8) is 0 Å². The molecule has 6 N–H and O–H groups in total. The molecule has 2 unspecified atom stereocenters. The predicted molar refractivity (Wildman–Crippen MR) is 89.0 cm³/mol. The van der Waals surface area contributed by atoms with E-state index in [2.05, 4.69) is 21.3 Å². The molecule has 0 amide bonds. The molecule has 0 spiro atoms. The fourth-order valence-electron chi connectivity index (χ4n) is 2.69. The number of rotatable bonds is 5. The van der Waals surface area contributed by atoms with E-state index in [1.807, 2.05) is 45.4 Å². The molecule has 1 saturated heterocycles. The summed E-state index contributed by atoms with van der Waals surface area (Å²) in [7, 11) is 5.54. The average Bonchev–Trinajstić information content (AvgIpc) is 2.54. The number of thiocarbonyl (C=S) groups is 1. The van der Waals surface area contributed by atoms with Crippen molar-refractivity contribution < 1.29 is 4.74 Å². The Morgan fingerprint density at radius 2 is 2.05 bits per heavy atom. The van der Waals surface area contributed by atoms with Gasteiger partial charge in [-0.1, -0.05) is 24.4 Å². The highest BCUT2D eigenvalue weighted by Crippen LogP contribution is 2.28. The van der Waals surface area contributed by atoms with Gasteiger partial charge in [-0.25, -0.2) is 0 Å².